The van der Waals surface area contributed by atoms with E-state index >= 15 is 0 Å². The normalized spacial score (nSPS) is 16.1. The van der Waals surface area contributed by atoms with E-state index in [4.69, 9.17) is 9.84 Å². The number of aryl methyl sites for hydroxylation is 1. The number of carboxylic acid groups (broad SMARTS) is 1. The van der Waals surface area contributed by atoms with Crippen LogP contribution < -0.4 is 15.0 Å². The molecule has 1 saturated heterocycles. The number of aromatic carboxylic acids is 1. The Labute approximate surface area is 161 Å². The fourth-order valence-electron chi connectivity index (χ4n) is 3.16. The number of hydrogen-bond acceptors (Lipinski definition) is 5. The number of carboxylic acids is 1. The van der Waals surface area contributed by atoms with Gasteiger partial charge in [-0.2, -0.15) is 0 Å². The van der Waals surface area contributed by atoms with E-state index in [1.807, 2.05) is 19.1 Å². The van der Waals surface area contributed by atoms with Crippen molar-refractivity contribution < 1.29 is 29.3 Å². The molecule has 2 aromatic rings. The number of carbonyl (C=O) groups is 3. The largest absolute Gasteiger partial charge is 0.507 e. The molecule has 1 aliphatic rings. The van der Waals surface area contributed by atoms with E-state index in [1.54, 1.807) is 6.07 Å². The van der Waals surface area contributed by atoms with Gasteiger partial charge in [-0.15, -0.1) is 0 Å². The molecule has 8 heteroatoms. The molecule has 3 N–H and O–H groups in total. The summed E-state index contributed by atoms with van der Waals surface area (Å²) < 4.78 is 5.33. The van der Waals surface area contributed by atoms with Gasteiger partial charge in [0, 0.05) is 24.7 Å². The van der Waals surface area contributed by atoms with E-state index in [0.29, 0.717) is 11.4 Å². The Morgan fingerprint density at radius 2 is 1.96 bits per heavy atom. The minimum absolute atomic E-state index is 0.0438. The van der Waals surface area contributed by atoms with Crippen LogP contribution in [-0.2, 0) is 9.59 Å². The number of phenols is 1. The summed E-state index contributed by atoms with van der Waals surface area (Å²) in [5, 5.41) is 21.3. The summed E-state index contributed by atoms with van der Waals surface area (Å²) in [4.78, 5) is 37.5. The van der Waals surface area contributed by atoms with Crippen LogP contribution >= 0.6 is 0 Å². The monoisotopic (exact) mass is 384 g/mol. The lowest BCUT2D eigenvalue weighted by Crippen LogP contribution is -2.28. The number of nitrogens with zero attached hydrogens (tertiary/aromatic N) is 1. The van der Waals surface area contributed by atoms with E-state index in [-0.39, 0.29) is 36.0 Å². The lowest BCUT2D eigenvalue weighted by atomic mass is 10.1. The third kappa shape index (κ3) is 3.75. The van der Waals surface area contributed by atoms with Crippen LogP contribution in [0.15, 0.2) is 36.4 Å². The van der Waals surface area contributed by atoms with Gasteiger partial charge < -0.3 is 25.2 Å². The number of rotatable bonds is 5. The first-order valence-corrected chi connectivity index (χ1v) is 8.62. The predicted molar refractivity (Wildman–Crippen MR) is 102 cm³/mol. The second-order valence-corrected chi connectivity index (χ2v) is 6.61. The van der Waals surface area contributed by atoms with Crippen molar-refractivity contribution in [2.75, 3.05) is 23.9 Å². The predicted octanol–water partition coefficient (Wildman–Crippen LogP) is 2.40. The lowest BCUT2D eigenvalue weighted by Gasteiger charge is -2.20. The topological polar surface area (TPSA) is 116 Å². The van der Waals surface area contributed by atoms with Crippen LogP contribution in [-0.4, -0.2) is 41.7 Å². The molecule has 28 heavy (non-hydrogen) atoms. The molecule has 2 aromatic carbocycles. The second kappa shape index (κ2) is 7.59. The van der Waals surface area contributed by atoms with Crippen molar-refractivity contribution in [2.45, 2.75) is 13.3 Å². The van der Waals surface area contributed by atoms with Crippen molar-refractivity contribution in [2.24, 2.45) is 5.92 Å². The van der Waals surface area contributed by atoms with Gasteiger partial charge in [-0.1, -0.05) is 6.07 Å². The van der Waals surface area contributed by atoms with Crippen LogP contribution in [0.1, 0.15) is 22.3 Å². The maximum absolute atomic E-state index is 12.6. The minimum atomic E-state index is -1.26. The third-order valence-electron chi connectivity index (χ3n) is 4.62. The summed E-state index contributed by atoms with van der Waals surface area (Å²) in [6.45, 7) is 2.10. The van der Waals surface area contributed by atoms with Gasteiger partial charge in [0.1, 0.15) is 17.1 Å². The molecule has 0 saturated carbocycles. The van der Waals surface area contributed by atoms with Gasteiger partial charge in [-0.05, 0) is 36.8 Å². The van der Waals surface area contributed by atoms with Crippen molar-refractivity contribution >= 4 is 29.2 Å². The van der Waals surface area contributed by atoms with Crippen LogP contribution in [0.5, 0.6) is 11.5 Å². The first-order chi connectivity index (χ1) is 13.3. The molecular formula is C20H20N2O6. The number of carbonyl (C=O) groups excluding carboxylic acids is 2. The molecule has 8 nitrogen and oxygen atoms in total. The molecule has 1 unspecified atom stereocenters. The number of ether oxygens (including phenoxy) is 1. The van der Waals surface area contributed by atoms with Gasteiger partial charge in [0.05, 0.1) is 18.7 Å². The van der Waals surface area contributed by atoms with Crippen molar-refractivity contribution in [3.05, 3.63) is 47.5 Å². The Hall–Kier alpha value is -3.55. The molecule has 3 rings (SSSR count). The zero-order chi connectivity index (χ0) is 20.4. The van der Waals surface area contributed by atoms with E-state index in [0.717, 1.165) is 5.56 Å². The van der Waals surface area contributed by atoms with Crippen LogP contribution in [0.25, 0.3) is 0 Å². The van der Waals surface area contributed by atoms with Crippen molar-refractivity contribution in [3.63, 3.8) is 0 Å². The first-order valence-electron chi connectivity index (χ1n) is 8.62. The van der Waals surface area contributed by atoms with Crippen molar-refractivity contribution in [1.82, 2.24) is 0 Å². The molecule has 0 aromatic heterocycles. The molecule has 1 fully saturated rings. The molecule has 2 amide bonds. The highest BCUT2D eigenvalue weighted by Gasteiger charge is 2.36. The van der Waals surface area contributed by atoms with Gasteiger partial charge in [-0.3, -0.25) is 9.59 Å². The van der Waals surface area contributed by atoms with E-state index < -0.39 is 17.6 Å². The summed E-state index contributed by atoms with van der Waals surface area (Å²) in [7, 11) is 1.52. The number of methoxy groups -OCH3 is 1. The highest BCUT2D eigenvalue weighted by Crippen LogP contribution is 2.34. The number of nitrogens with one attached hydrogen (secondary N) is 1. The summed E-state index contributed by atoms with van der Waals surface area (Å²) in [5.74, 6) is -2.32. The van der Waals surface area contributed by atoms with Gasteiger partial charge in [0.2, 0.25) is 11.8 Å². The minimum Gasteiger partial charge on any atom is -0.507 e. The molecule has 0 spiro atoms. The maximum atomic E-state index is 12.6. The van der Waals surface area contributed by atoms with E-state index in [9.17, 15) is 19.5 Å². The Kier molecular flexibility index (Phi) is 5.21. The summed E-state index contributed by atoms with van der Waals surface area (Å²) >= 11 is 0. The van der Waals surface area contributed by atoms with Crippen LogP contribution in [0, 0.1) is 12.8 Å². The Balaban J connectivity index is 1.75. The zero-order valence-electron chi connectivity index (χ0n) is 15.4. The third-order valence-corrected chi connectivity index (χ3v) is 4.62. The summed E-state index contributed by atoms with van der Waals surface area (Å²) in [6, 6.07) is 9.24. The number of anilines is 2. The maximum Gasteiger partial charge on any atom is 0.339 e. The second-order valence-electron chi connectivity index (χ2n) is 6.61. The average molecular weight is 384 g/mol. The lowest BCUT2D eigenvalue weighted by molar-refractivity contribution is -0.122. The molecular weight excluding hydrogens is 364 g/mol. The molecule has 0 aliphatic carbocycles. The Morgan fingerprint density at radius 3 is 2.61 bits per heavy atom. The first kappa shape index (κ1) is 19.2. The number of hydrogen-bond donors (Lipinski definition) is 3. The molecule has 1 atom stereocenters. The molecule has 0 radical (unpaired) electrons. The van der Waals surface area contributed by atoms with Crippen molar-refractivity contribution in [3.8, 4) is 11.5 Å². The molecule has 146 valence electrons. The molecule has 1 heterocycles. The standard InChI is InChI=1S/C20H20N2O6/c1-11-3-6-17(28-2)15(7-11)22-10-12(8-18(22)24)19(25)21-13-4-5-14(20(26)27)16(23)9-13/h3-7,9,12,23H,8,10H2,1-2H3,(H,21,25)(H,26,27). The molecule has 0 bridgehead atoms. The average Bonchev–Trinajstić information content (AvgIpc) is 3.03. The van der Waals surface area contributed by atoms with Gasteiger partial charge >= 0.3 is 5.97 Å². The molecule has 1 aliphatic heterocycles. The highest BCUT2D eigenvalue weighted by atomic mass is 16.5. The van der Waals surface area contributed by atoms with Gasteiger partial charge in [0.25, 0.3) is 0 Å². The number of aromatic hydroxyl groups is 1. The fourth-order valence-corrected chi connectivity index (χ4v) is 3.16. The highest BCUT2D eigenvalue weighted by molar-refractivity contribution is 6.04. The number of benzene rings is 2. The Morgan fingerprint density at radius 1 is 1.21 bits per heavy atom. The smallest absolute Gasteiger partial charge is 0.339 e. The summed E-state index contributed by atoms with van der Waals surface area (Å²) in [5.41, 5.74) is 1.58. The van der Waals surface area contributed by atoms with Crippen LogP contribution in [0.2, 0.25) is 0 Å². The SMILES string of the molecule is COc1ccc(C)cc1N1CC(C(=O)Nc2ccc(C(=O)O)c(O)c2)CC1=O. The number of amides is 2. The van der Waals surface area contributed by atoms with Crippen molar-refractivity contribution in [1.29, 1.82) is 0 Å². The summed E-state index contributed by atoms with van der Waals surface area (Å²) in [6.07, 6.45) is 0.0438. The fraction of sp³-hybridized carbons (Fsp3) is 0.250. The zero-order valence-corrected chi connectivity index (χ0v) is 15.4. The van der Waals surface area contributed by atoms with Gasteiger partial charge in [0.15, 0.2) is 0 Å². The van der Waals surface area contributed by atoms with E-state index in [1.165, 1.54) is 30.2 Å². The van der Waals surface area contributed by atoms with Crippen LogP contribution in [0.4, 0.5) is 11.4 Å². The quantitative estimate of drug-likeness (QED) is 0.729. The van der Waals surface area contributed by atoms with Gasteiger partial charge in [-0.25, -0.2) is 4.79 Å². The van der Waals surface area contributed by atoms with E-state index in [2.05, 4.69) is 5.32 Å². The van der Waals surface area contributed by atoms with Crippen LogP contribution in [0.3, 0.4) is 0 Å². The Bertz CT molecular complexity index is 956.